The highest BCUT2D eigenvalue weighted by molar-refractivity contribution is 7.89. The first kappa shape index (κ1) is 20.6. The van der Waals surface area contributed by atoms with Gasteiger partial charge in [-0.1, -0.05) is 18.0 Å². The number of carbonyl (C=O) groups is 1. The van der Waals surface area contributed by atoms with E-state index in [1.54, 1.807) is 0 Å². The van der Waals surface area contributed by atoms with Crippen LogP contribution in [0.4, 0.5) is 10.1 Å². The molecule has 1 fully saturated rings. The van der Waals surface area contributed by atoms with Crippen molar-refractivity contribution in [3.05, 3.63) is 52.8 Å². The van der Waals surface area contributed by atoms with Crippen molar-refractivity contribution >= 4 is 33.2 Å². The van der Waals surface area contributed by atoms with Crippen molar-refractivity contribution in [1.29, 1.82) is 0 Å². The Kier molecular flexibility index (Phi) is 6.22. The van der Waals surface area contributed by atoms with E-state index in [2.05, 4.69) is 5.32 Å². The van der Waals surface area contributed by atoms with Crippen LogP contribution in [0.15, 0.2) is 41.3 Å². The summed E-state index contributed by atoms with van der Waals surface area (Å²) < 4.78 is 46.6. The number of carbonyl (C=O) groups excluding carboxylic acids is 1. The molecule has 1 aliphatic heterocycles. The first-order valence-corrected chi connectivity index (χ1v) is 10.6. The molecule has 0 aromatic heterocycles. The second kappa shape index (κ2) is 8.46. The molecule has 0 spiro atoms. The Hall–Kier alpha value is -2.16. The molecule has 0 saturated carbocycles. The van der Waals surface area contributed by atoms with Gasteiger partial charge in [0.2, 0.25) is 10.0 Å². The van der Waals surface area contributed by atoms with E-state index in [0.29, 0.717) is 13.1 Å². The van der Waals surface area contributed by atoms with Crippen molar-refractivity contribution in [2.45, 2.75) is 24.2 Å². The van der Waals surface area contributed by atoms with Gasteiger partial charge in [0.15, 0.2) is 0 Å². The lowest BCUT2D eigenvalue weighted by atomic mass is 10.2. The van der Waals surface area contributed by atoms with Crippen LogP contribution in [0.25, 0.3) is 0 Å². The SMILES string of the molecule is COc1ccc(NC(=O)c2cc(Cl)ccc2F)cc1S(=O)(=O)N1CCCCC1. The summed E-state index contributed by atoms with van der Waals surface area (Å²) in [6, 6.07) is 7.92. The third-order valence-electron chi connectivity index (χ3n) is 4.53. The molecule has 28 heavy (non-hydrogen) atoms. The van der Waals surface area contributed by atoms with Crippen molar-refractivity contribution in [3.63, 3.8) is 0 Å². The average Bonchev–Trinajstić information content (AvgIpc) is 2.70. The second-order valence-electron chi connectivity index (χ2n) is 6.41. The quantitative estimate of drug-likeness (QED) is 0.786. The maximum atomic E-state index is 13.9. The summed E-state index contributed by atoms with van der Waals surface area (Å²) in [7, 11) is -2.40. The van der Waals surface area contributed by atoms with Crippen LogP contribution in [0.1, 0.15) is 29.6 Å². The van der Waals surface area contributed by atoms with Gasteiger partial charge in [-0.25, -0.2) is 12.8 Å². The van der Waals surface area contributed by atoms with E-state index in [1.807, 2.05) is 0 Å². The summed E-state index contributed by atoms with van der Waals surface area (Å²) in [5.41, 5.74) is -0.0236. The van der Waals surface area contributed by atoms with Gasteiger partial charge in [0, 0.05) is 23.8 Å². The standard InChI is InChI=1S/C19H20ClFN2O4S/c1-27-17-8-6-14(22-19(24)15-11-13(20)5-7-16(15)21)12-18(17)28(25,26)23-9-3-2-4-10-23/h5-8,11-12H,2-4,9-10H2,1H3,(H,22,24). The Morgan fingerprint density at radius 2 is 1.86 bits per heavy atom. The van der Waals surface area contributed by atoms with Gasteiger partial charge < -0.3 is 10.1 Å². The molecule has 9 heteroatoms. The average molecular weight is 427 g/mol. The zero-order valence-corrected chi connectivity index (χ0v) is 16.8. The maximum absolute atomic E-state index is 13.9. The van der Waals surface area contributed by atoms with Crippen LogP contribution in [-0.4, -0.2) is 38.8 Å². The molecule has 0 aliphatic carbocycles. The number of ether oxygens (including phenoxy) is 1. The lowest BCUT2D eigenvalue weighted by Gasteiger charge is -2.26. The predicted molar refractivity (Wildman–Crippen MR) is 105 cm³/mol. The highest BCUT2D eigenvalue weighted by Gasteiger charge is 2.29. The lowest BCUT2D eigenvalue weighted by Crippen LogP contribution is -2.35. The number of hydrogen-bond donors (Lipinski definition) is 1. The number of nitrogens with zero attached hydrogens (tertiary/aromatic N) is 1. The van der Waals surface area contributed by atoms with Gasteiger partial charge in [-0.15, -0.1) is 0 Å². The third kappa shape index (κ3) is 4.29. The van der Waals surface area contributed by atoms with E-state index in [-0.39, 0.29) is 26.9 Å². The Morgan fingerprint density at radius 1 is 1.14 bits per heavy atom. The summed E-state index contributed by atoms with van der Waals surface area (Å²) in [4.78, 5) is 12.4. The molecule has 0 bridgehead atoms. The van der Waals surface area contributed by atoms with Gasteiger partial charge in [-0.2, -0.15) is 4.31 Å². The molecule has 0 radical (unpaired) electrons. The summed E-state index contributed by atoms with van der Waals surface area (Å²) in [5, 5.41) is 2.73. The van der Waals surface area contributed by atoms with Crippen molar-refractivity contribution in [3.8, 4) is 5.75 Å². The van der Waals surface area contributed by atoms with Gasteiger partial charge in [-0.05, 0) is 49.2 Å². The summed E-state index contributed by atoms with van der Waals surface area (Å²) in [6.45, 7) is 0.881. The zero-order valence-electron chi connectivity index (χ0n) is 15.2. The van der Waals surface area contributed by atoms with E-state index in [9.17, 15) is 17.6 Å². The van der Waals surface area contributed by atoms with E-state index in [1.165, 1.54) is 41.7 Å². The molecule has 150 valence electrons. The Balaban J connectivity index is 1.92. The number of halogens is 2. The van der Waals surface area contributed by atoms with Crippen molar-refractivity contribution in [2.75, 3.05) is 25.5 Å². The minimum absolute atomic E-state index is 0.0405. The van der Waals surface area contributed by atoms with Crippen molar-refractivity contribution in [2.24, 2.45) is 0 Å². The second-order valence-corrected chi connectivity index (χ2v) is 8.75. The molecule has 1 aliphatic rings. The zero-order chi connectivity index (χ0) is 20.3. The molecule has 6 nitrogen and oxygen atoms in total. The van der Waals surface area contributed by atoms with Crippen LogP contribution >= 0.6 is 11.6 Å². The van der Waals surface area contributed by atoms with Gasteiger partial charge in [0.1, 0.15) is 16.5 Å². The fourth-order valence-electron chi connectivity index (χ4n) is 3.07. The molecule has 0 unspecified atom stereocenters. The number of amides is 1. The fourth-order valence-corrected chi connectivity index (χ4v) is 4.94. The van der Waals surface area contributed by atoms with Crippen molar-refractivity contribution < 1.29 is 22.3 Å². The fraction of sp³-hybridized carbons (Fsp3) is 0.316. The van der Waals surface area contributed by atoms with Gasteiger partial charge >= 0.3 is 0 Å². The first-order chi connectivity index (χ1) is 13.3. The molecule has 1 N–H and O–H groups in total. The Labute approximate surface area is 168 Å². The van der Waals surface area contributed by atoms with Crippen molar-refractivity contribution in [1.82, 2.24) is 4.31 Å². The molecule has 2 aromatic carbocycles. The molecule has 1 amide bonds. The number of methoxy groups -OCH3 is 1. The van der Waals surface area contributed by atoms with Crippen LogP contribution < -0.4 is 10.1 Å². The number of sulfonamides is 1. The maximum Gasteiger partial charge on any atom is 0.258 e. The molecule has 2 aromatic rings. The summed E-state index contributed by atoms with van der Waals surface area (Å²) in [6.07, 6.45) is 2.59. The molecular weight excluding hydrogens is 407 g/mol. The number of anilines is 1. The lowest BCUT2D eigenvalue weighted by molar-refractivity contribution is 0.102. The molecular formula is C19H20ClFN2O4S. The van der Waals surface area contributed by atoms with Gasteiger partial charge in [-0.3, -0.25) is 4.79 Å². The van der Waals surface area contributed by atoms with Crippen LogP contribution in [0.2, 0.25) is 5.02 Å². The smallest absolute Gasteiger partial charge is 0.258 e. The highest BCUT2D eigenvalue weighted by atomic mass is 35.5. The van der Waals surface area contributed by atoms with E-state index in [4.69, 9.17) is 16.3 Å². The largest absolute Gasteiger partial charge is 0.495 e. The molecule has 3 rings (SSSR count). The van der Waals surface area contributed by atoms with E-state index < -0.39 is 21.7 Å². The van der Waals surface area contributed by atoms with E-state index >= 15 is 0 Å². The monoisotopic (exact) mass is 426 g/mol. The normalized spacial score (nSPS) is 15.2. The van der Waals surface area contributed by atoms with Gasteiger partial charge in [0.05, 0.1) is 12.7 Å². The molecule has 0 atom stereocenters. The van der Waals surface area contributed by atoms with Crippen LogP contribution in [0.3, 0.4) is 0 Å². The van der Waals surface area contributed by atoms with E-state index in [0.717, 1.165) is 25.3 Å². The predicted octanol–water partition coefficient (Wildman–Crippen LogP) is 3.91. The first-order valence-electron chi connectivity index (χ1n) is 8.77. The minimum Gasteiger partial charge on any atom is -0.495 e. The Morgan fingerprint density at radius 3 is 2.54 bits per heavy atom. The number of piperidine rings is 1. The van der Waals surface area contributed by atoms with Crippen LogP contribution in [-0.2, 0) is 10.0 Å². The van der Waals surface area contributed by atoms with Crippen LogP contribution in [0.5, 0.6) is 5.75 Å². The number of rotatable bonds is 5. The minimum atomic E-state index is -3.78. The highest BCUT2D eigenvalue weighted by Crippen LogP contribution is 2.31. The number of nitrogens with one attached hydrogen (secondary N) is 1. The third-order valence-corrected chi connectivity index (χ3v) is 6.68. The summed E-state index contributed by atoms with van der Waals surface area (Å²) in [5.74, 6) is -1.28. The number of benzene rings is 2. The summed E-state index contributed by atoms with van der Waals surface area (Å²) >= 11 is 5.83. The Bertz CT molecular complexity index is 991. The molecule has 1 heterocycles. The molecule has 1 saturated heterocycles. The topological polar surface area (TPSA) is 75.7 Å². The van der Waals surface area contributed by atoms with Crippen LogP contribution in [0, 0.1) is 5.82 Å². The number of hydrogen-bond acceptors (Lipinski definition) is 4. The van der Waals surface area contributed by atoms with Gasteiger partial charge in [0.25, 0.3) is 5.91 Å².